The molecule has 64 valence electrons. The maximum atomic E-state index is 5.97. The molecule has 2 aliphatic heterocycles. The van der Waals surface area contributed by atoms with Crippen molar-refractivity contribution >= 4 is 0 Å². The predicted molar refractivity (Wildman–Crippen MR) is 43.6 cm³/mol. The van der Waals surface area contributed by atoms with Gasteiger partial charge < -0.3 is 15.4 Å². The van der Waals surface area contributed by atoms with E-state index in [9.17, 15) is 0 Å². The summed E-state index contributed by atoms with van der Waals surface area (Å²) in [4.78, 5) is 0. The maximum Gasteiger partial charge on any atom is 0.106 e. The Kier molecular flexibility index (Phi) is 1.50. The molecule has 3 nitrogen and oxygen atoms in total. The first-order valence-corrected chi connectivity index (χ1v) is 4.24. The van der Waals surface area contributed by atoms with Crippen LogP contribution in [-0.4, -0.2) is 37.4 Å². The van der Waals surface area contributed by atoms with Gasteiger partial charge in [-0.15, -0.1) is 0 Å². The van der Waals surface area contributed by atoms with E-state index < -0.39 is 0 Å². The van der Waals surface area contributed by atoms with E-state index in [4.69, 9.17) is 4.74 Å². The summed E-state index contributed by atoms with van der Waals surface area (Å²) in [6.07, 6.45) is 0. The molecule has 0 unspecified atom stereocenters. The molecule has 0 saturated carbocycles. The quantitative estimate of drug-likeness (QED) is 0.506. The van der Waals surface area contributed by atoms with Crippen LogP contribution >= 0.6 is 0 Å². The topological polar surface area (TPSA) is 33.3 Å². The van der Waals surface area contributed by atoms with Crippen molar-refractivity contribution in [3.05, 3.63) is 0 Å². The van der Waals surface area contributed by atoms with Gasteiger partial charge in [-0.3, -0.25) is 0 Å². The summed E-state index contributed by atoms with van der Waals surface area (Å²) < 4.78 is 5.97. The van der Waals surface area contributed by atoms with E-state index in [1.807, 2.05) is 0 Å². The molecule has 2 fully saturated rings. The van der Waals surface area contributed by atoms with Gasteiger partial charge in [0.1, 0.15) is 5.60 Å². The molecule has 11 heavy (non-hydrogen) atoms. The Balaban J connectivity index is 2.03. The summed E-state index contributed by atoms with van der Waals surface area (Å²) in [7, 11) is 0. The van der Waals surface area contributed by atoms with E-state index in [-0.39, 0.29) is 11.2 Å². The van der Waals surface area contributed by atoms with Crippen LogP contribution in [0.4, 0.5) is 0 Å². The first kappa shape index (κ1) is 7.53. The monoisotopic (exact) mass is 156 g/mol. The highest BCUT2D eigenvalue weighted by Crippen LogP contribution is 2.26. The third-order valence-electron chi connectivity index (χ3n) is 2.39. The third kappa shape index (κ3) is 1.28. The second-order valence-electron chi connectivity index (χ2n) is 4.25. The minimum absolute atomic E-state index is 0.0142. The lowest BCUT2D eigenvalue weighted by Crippen LogP contribution is -2.71. The van der Waals surface area contributed by atoms with E-state index >= 15 is 0 Å². The molecule has 3 heteroatoms. The zero-order valence-electron chi connectivity index (χ0n) is 7.24. The van der Waals surface area contributed by atoms with Crippen molar-refractivity contribution in [3.63, 3.8) is 0 Å². The minimum atomic E-state index is 0.0142. The molecule has 0 aromatic carbocycles. The summed E-state index contributed by atoms with van der Waals surface area (Å²) in [6.45, 7) is 8.25. The molecule has 2 N–H and O–H groups in total. The van der Waals surface area contributed by atoms with E-state index in [0.717, 1.165) is 26.2 Å². The molecule has 0 aromatic rings. The van der Waals surface area contributed by atoms with Crippen molar-refractivity contribution in [2.24, 2.45) is 0 Å². The average Bonchev–Trinajstić information content (AvgIpc) is 1.82. The van der Waals surface area contributed by atoms with Gasteiger partial charge in [-0.1, -0.05) is 0 Å². The SMILES string of the molecule is CC1(C)CNCC2(CNC2)O1. The second-order valence-corrected chi connectivity index (χ2v) is 4.25. The Morgan fingerprint density at radius 1 is 1.00 bits per heavy atom. The number of hydrogen-bond acceptors (Lipinski definition) is 3. The molecule has 2 rings (SSSR count). The number of morpholine rings is 1. The van der Waals surface area contributed by atoms with E-state index in [1.165, 1.54) is 0 Å². The highest BCUT2D eigenvalue weighted by atomic mass is 16.5. The van der Waals surface area contributed by atoms with Crippen LogP contribution in [0.25, 0.3) is 0 Å². The number of nitrogens with one attached hydrogen (secondary N) is 2. The molecule has 0 aromatic heterocycles. The highest BCUT2D eigenvalue weighted by molar-refractivity contribution is 5.01. The van der Waals surface area contributed by atoms with Crippen LogP contribution in [0.2, 0.25) is 0 Å². The fraction of sp³-hybridized carbons (Fsp3) is 1.00. The van der Waals surface area contributed by atoms with Gasteiger partial charge in [0.2, 0.25) is 0 Å². The smallest absolute Gasteiger partial charge is 0.106 e. The van der Waals surface area contributed by atoms with Gasteiger partial charge in [0, 0.05) is 26.2 Å². The maximum absolute atomic E-state index is 5.97. The Morgan fingerprint density at radius 3 is 1.91 bits per heavy atom. The van der Waals surface area contributed by atoms with Gasteiger partial charge in [0.25, 0.3) is 0 Å². The third-order valence-corrected chi connectivity index (χ3v) is 2.39. The number of hydrogen-bond donors (Lipinski definition) is 2. The summed E-state index contributed by atoms with van der Waals surface area (Å²) in [5.41, 5.74) is 0.127. The van der Waals surface area contributed by atoms with Crippen LogP contribution in [-0.2, 0) is 4.74 Å². The highest BCUT2D eigenvalue weighted by Gasteiger charge is 2.45. The lowest BCUT2D eigenvalue weighted by Gasteiger charge is -2.51. The minimum Gasteiger partial charge on any atom is -0.364 e. The van der Waals surface area contributed by atoms with E-state index in [2.05, 4.69) is 24.5 Å². The standard InChI is InChI=1S/C8H16N2O/c1-7(2)3-9-4-8(11-7)5-10-6-8/h9-10H,3-6H2,1-2H3. The summed E-state index contributed by atoms with van der Waals surface area (Å²) >= 11 is 0. The van der Waals surface area contributed by atoms with Crippen LogP contribution in [0.1, 0.15) is 13.8 Å². The molecular weight excluding hydrogens is 140 g/mol. The van der Waals surface area contributed by atoms with Gasteiger partial charge >= 0.3 is 0 Å². The van der Waals surface area contributed by atoms with Crippen molar-refractivity contribution in [2.75, 3.05) is 26.2 Å². The van der Waals surface area contributed by atoms with Gasteiger partial charge in [0.05, 0.1) is 5.60 Å². The van der Waals surface area contributed by atoms with Crippen molar-refractivity contribution in [1.82, 2.24) is 10.6 Å². The van der Waals surface area contributed by atoms with Crippen molar-refractivity contribution in [3.8, 4) is 0 Å². The van der Waals surface area contributed by atoms with E-state index in [1.54, 1.807) is 0 Å². The number of rotatable bonds is 0. The molecule has 0 radical (unpaired) electrons. The second kappa shape index (κ2) is 2.19. The molecule has 0 amide bonds. The van der Waals surface area contributed by atoms with Crippen LogP contribution < -0.4 is 10.6 Å². The normalized spacial score (nSPS) is 33.3. The molecule has 2 saturated heterocycles. The summed E-state index contributed by atoms with van der Waals surface area (Å²) in [5.74, 6) is 0. The Bertz CT molecular complexity index is 163. The lowest BCUT2D eigenvalue weighted by molar-refractivity contribution is -0.182. The fourth-order valence-corrected chi connectivity index (χ4v) is 1.85. The Morgan fingerprint density at radius 2 is 1.55 bits per heavy atom. The first-order valence-electron chi connectivity index (χ1n) is 4.24. The molecule has 2 aliphatic rings. The largest absolute Gasteiger partial charge is 0.364 e. The molecule has 0 bridgehead atoms. The molecule has 2 heterocycles. The zero-order chi connectivity index (χ0) is 7.95. The Hall–Kier alpha value is -0.120. The summed E-state index contributed by atoms with van der Waals surface area (Å²) in [5, 5.41) is 6.65. The van der Waals surface area contributed by atoms with Crippen LogP contribution in [0.3, 0.4) is 0 Å². The number of ether oxygens (including phenoxy) is 1. The average molecular weight is 156 g/mol. The van der Waals surface area contributed by atoms with Crippen LogP contribution in [0.15, 0.2) is 0 Å². The van der Waals surface area contributed by atoms with Gasteiger partial charge in [-0.05, 0) is 13.8 Å². The Labute approximate surface area is 67.5 Å². The fourth-order valence-electron chi connectivity index (χ4n) is 1.85. The van der Waals surface area contributed by atoms with Crippen LogP contribution in [0.5, 0.6) is 0 Å². The molecular formula is C8H16N2O. The molecule has 0 atom stereocenters. The predicted octanol–water partition coefficient (Wildman–Crippen LogP) is -0.273. The lowest BCUT2D eigenvalue weighted by atomic mass is 9.92. The first-order chi connectivity index (χ1) is 5.12. The van der Waals surface area contributed by atoms with Gasteiger partial charge in [0.15, 0.2) is 0 Å². The van der Waals surface area contributed by atoms with Crippen LogP contribution in [0, 0.1) is 0 Å². The van der Waals surface area contributed by atoms with Gasteiger partial charge in [-0.2, -0.15) is 0 Å². The van der Waals surface area contributed by atoms with Crippen molar-refractivity contribution in [2.45, 2.75) is 25.0 Å². The van der Waals surface area contributed by atoms with Crippen molar-refractivity contribution in [1.29, 1.82) is 0 Å². The van der Waals surface area contributed by atoms with Crippen molar-refractivity contribution < 1.29 is 4.74 Å². The summed E-state index contributed by atoms with van der Waals surface area (Å²) in [6, 6.07) is 0. The van der Waals surface area contributed by atoms with Gasteiger partial charge in [-0.25, -0.2) is 0 Å². The zero-order valence-corrected chi connectivity index (χ0v) is 7.24. The molecule has 0 aliphatic carbocycles. The van der Waals surface area contributed by atoms with E-state index in [0.29, 0.717) is 0 Å². The molecule has 1 spiro atoms.